The molecule has 1 aliphatic heterocycles. The van der Waals surface area contributed by atoms with E-state index in [0.717, 1.165) is 27.9 Å². The predicted molar refractivity (Wildman–Crippen MR) is 96.6 cm³/mol. The molecule has 0 saturated carbocycles. The number of carbonyl (C=O) groups is 1. The summed E-state index contributed by atoms with van der Waals surface area (Å²) in [5.74, 6) is 0.725. The van der Waals surface area contributed by atoms with Crippen LogP contribution in [-0.4, -0.2) is 25.2 Å². The summed E-state index contributed by atoms with van der Waals surface area (Å²) in [6.45, 7) is 1.83. The van der Waals surface area contributed by atoms with Crippen LogP contribution in [-0.2, 0) is 11.3 Å². The van der Waals surface area contributed by atoms with Crippen molar-refractivity contribution in [3.05, 3.63) is 63.2 Å². The Hall–Kier alpha value is -1.60. The fourth-order valence-electron chi connectivity index (χ4n) is 2.41. The lowest BCUT2D eigenvalue weighted by atomic mass is 10.2. The van der Waals surface area contributed by atoms with Crippen molar-refractivity contribution in [2.75, 3.05) is 13.2 Å². The van der Waals surface area contributed by atoms with E-state index in [4.69, 9.17) is 9.47 Å². The van der Waals surface area contributed by atoms with E-state index in [9.17, 15) is 4.79 Å². The molecule has 1 atom stereocenters. The van der Waals surface area contributed by atoms with Crippen LogP contribution in [0.25, 0.3) is 0 Å². The molecule has 0 bridgehead atoms. The molecule has 0 radical (unpaired) electrons. The Morgan fingerprint density at radius 3 is 2.78 bits per heavy atom. The zero-order valence-corrected chi connectivity index (χ0v) is 14.8. The van der Waals surface area contributed by atoms with E-state index in [1.165, 1.54) is 0 Å². The van der Waals surface area contributed by atoms with Gasteiger partial charge < -0.3 is 14.8 Å². The Kier molecular flexibility index (Phi) is 5.51. The van der Waals surface area contributed by atoms with Crippen molar-refractivity contribution in [3.63, 3.8) is 0 Å². The first-order chi connectivity index (χ1) is 11.2. The Labute approximate surface area is 149 Å². The third kappa shape index (κ3) is 4.45. The third-order valence-corrected chi connectivity index (χ3v) is 4.54. The average molecular weight is 423 g/mol. The van der Waals surface area contributed by atoms with Crippen LogP contribution in [0.5, 0.6) is 5.75 Å². The van der Waals surface area contributed by atoms with Gasteiger partial charge in [-0.05, 0) is 52.8 Å². The Morgan fingerprint density at radius 1 is 1.26 bits per heavy atom. The van der Waals surface area contributed by atoms with Gasteiger partial charge in [-0.15, -0.1) is 0 Å². The SMILES string of the molecule is O=C(NC1CCOC1)c1ccc(OCc2ccccc2)c(I)c1. The predicted octanol–water partition coefficient (Wildman–Crippen LogP) is 3.39. The van der Waals surface area contributed by atoms with Crippen LogP contribution in [0.2, 0.25) is 0 Å². The molecule has 1 aliphatic rings. The van der Waals surface area contributed by atoms with Gasteiger partial charge in [-0.1, -0.05) is 30.3 Å². The van der Waals surface area contributed by atoms with Crippen LogP contribution in [0.1, 0.15) is 22.3 Å². The summed E-state index contributed by atoms with van der Waals surface area (Å²) in [4.78, 5) is 12.2. The number of nitrogens with one attached hydrogen (secondary N) is 1. The normalized spacial score (nSPS) is 17.0. The molecule has 0 aliphatic carbocycles. The van der Waals surface area contributed by atoms with Crippen LogP contribution in [0.3, 0.4) is 0 Å². The van der Waals surface area contributed by atoms with E-state index in [0.29, 0.717) is 18.8 Å². The van der Waals surface area contributed by atoms with E-state index in [2.05, 4.69) is 27.9 Å². The van der Waals surface area contributed by atoms with Gasteiger partial charge in [0.15, 0.2) is 0 Å². The molecule has 0 aromatic heterocycles. The van der Waals surface area contributed by atoms with E-state index >= 15 is 0 Å². The van der Waals surface area contributed by atoms with E-state index in [1.54, 1.807) is 6.07 Å². The maximum absolute atomic E-state index is 12.2. The number of hydrogen-bond acceptors (Lipinski definition) is 3. The largest absolute Gasteiger partial charge is 0.488 e. The summed E-state index contributed by atoms with van der Waals surface area (Å²) in [6, 6.07) is 15.6. The molecule has 5 heteroatoms. The van der Waals surface area contributed by atoms with Crippen molar-refractivity contribution < 1.29 is 14.3 Å². The fourth-order valence-corrected chi connectivity index (χ4v) is 3.08. The molecule has 0 spiro atoms. The molecule has 1 N–H and O–H groups in total. The van der Waals surface area contributed by atoms with Crippen molar-refractivity contribution >= 4 is 28.5 Å². The Morgan fingerprint density at radius 2 is 2.09 bits per heavy atom. The minimum absolute atomic E-state index is 0.0620. The number of halogens is 1. The van der Waals surface area contributed by atoms with Crippen molar-refractivity contribution in [2.24, 2.45) is 0 Å². The second kappa shape index (κ2) is 7.79. The van der Waals surface area contributed by atoms with Crippen molar-refractivity contribution in [1.82, 2.24) is 5.32 Å². The Balaban J connectivity index is 1.62. The third-order valence-electron chi connectivity index (χ3n) is 3.70. The topological polar surface area (TPSA) is 47.6 Å². The zero-order chi connectivity index (χ0) is 16.1. The van der Waals surface area contributed by atoms with Gasteiger partial charge in [0.1, 0.15) is 12.4 Å². The van der Waals surface area contributed by atoms with Crippen molar-refractivity contribution in [3.8, 4) is 5.75 Å². The minimum Gasteiger partial charge on any atom is -0.488 e. The summed E-state index contributed by atoms with van der Waals surface area (Å²) in [5, 5.41) is 2.99. The first kappa shape index (κ1) is 16.3. The second-order valence-electron chi connectivity index (χ2n) is 5.45. The molecule has 3 rings (SSSR count). The molecule has 4 nitrogen and oxygen atoms in total. The van der Waals surface area contributed by atoms with Crippen LogP contribution in [0.4, 0.5) is 0 Å². The molecular formula is C18H18INO3. The quantitative estimate of drug-likeness (QED) is 0.751. The van der Waals surface area contributed by atoms with Crippen LogP contribution in [0, 0.1) is 3.57 Å². The molecule has 1 unspecified atom stereocenters. The fraction of sp³-hybridized carbons (Fsp3) is 0.278. The number of carbonyl (C=O) groups excluding carboxylic acids is 1. The molecule has 1 saturated heterocycles. The van der Waals surface area contributed by atoms with Crippen LogP contribution >= 0.6 is 22.6 Å². The first-order valence-corrected chi connectivity index (χ1v) is 8.65. The average Bonchev–Trinajstić information content (AvgIpc) is 3.07. The standard InChI is InChI=1S/C18H18INO3/c19-16-10-14(18(21)20-15-8-9-22-12-15)6-7-17(16)23-11-13-4-2-1-3-5-13/h1-7,10,15H,8-9,11-12H2,(H,20,21). The number of amides is 1. The summed E-state index contributed by atoms with van der Waals surface area (Å²) < 4.78 is 12.0. The lowest BCUT2D eigenvalue weighted by Crippen LogP contribution is -2.35. The van der Waals surface area contributed by atoms with Gasteiger partial charge in [-0.25, -0.2) is 0 Å². The highest BCUT2D eigenvalue weighted by Gasteiger charge is 2.19. The summed E-state index contributed by atoms with van der Waals surface area (Å²) >= 11 is 2.20. The maximum Gasteiger partial charge on any atom is 0.251 e. The molecule has 120 valence electrons. The summed E-state index contributed by atoms with van der Waals surface area (Å²) in [5.41, 5.74) is 1.76. The van der Waals surface area contributed by atoms with Crippen molar-refractivity contribution in [2.45, 2.75) is 19.1 Å². The lowest BCUT2D eigenvalue weighted by Gasteiger charge is -2.12. The van der Waals surface area contributed by atoms with E-state index in [1.807, 2.05) is 42.5 Å². The van der Waals surface area contributed by atoms with Gasteiger partial charge in [0.25, 0.3) is 5.91 Å². The van der Waals surface area contributed by atoms with Gasteiger partial charge in [-0.3, -0.25) is 4.79 Å². The summed E-state index contributed by atoms with van der Waals surface area (Å²) in [7, 11) is 0. The van der Waals surface area contributed by atoms with Gasteiger partial charge >= 0.3 is 0 Å². The van der Waals surface area contributed by atoms with Crippen LogP contribution < -0.4 is 10.1 Å². The Bertz CT molecular complexity index is 669. The molecule has 1 amide bonds. The highest BCUT2D eigenvalue weighted by molar-refractivity contribution is 14.1. The number of benzene rings is 2. The zero-order valence-electron chi connectivity index (χ0n) is 12.6. The van der Waals surface area contributed by atoms with Crippen LogP contribution in [0.15, 0.2) is 48.5 Å². The molecule has 23 heavy (non-hydrogen) atoms. The molecule has 1 fully saturated rings. The van der Waals surface area contributed by atoms with Gasteiger partial charge in [0, 0.05) is 12.2 Å². The number of ether oxygens (including phenoxy) is 2. The lowest BCUT2D eigenvalue weighted by molar-refractivity contribution is 0.0930. The molecular weight excluding hydrogens is 405 g/mol. The number of rotatable bonds is 5. The van der Waals surface area contributed by atoms with E-state index < -0.39 is 0 Å². The van der Waals surface area contributed by atoms with Crippen molar-refractivity contribution in [1.29, 1.82) is 0 Å². The highest BCUT2D eigenvalue weighted by Crippen LogP contribution is 2.23. The smallest absolute Gasteiger partial charge is 0.251 e. The highest BCUT2D eigenvalue weighted by atomic mass is 127. The summed E-state index contributed by atoms with van der Waals surface area (Å²) in [6.07, 6.45) is 0.876. The molecule has 1 heterocycles. The number of hydrogen-bond donors (Lipinski definition) is 1. The second-order valence-corrected chi connectivity index (χ2v) is 6.62. The molecule has 2 aromatic rings. The van der Waals surface area contributed by atoms with Gasteiger partial charge in [-0.2, -0.15) is 0 Å². The molecule has 2 aromatic carbocycles. The van der Waals surface area contributed by atoms with Gasteiger partial charge in [0.05, 0.1) is 16.2 Å². The van der Waals surface area contributed by atoms with E-state index in [-0.39, 0.29) is 11.9 Å². The minimum atomic E-state index is -0.0620. The first-order valence-electron chi connectivity index (χ1n) is 7.57. The monoisotopic (exact) mass is 423 g/mol. The maximum atomic E-state index is 12.2. The van der Waals surface area contributed by atoms with Gasteiger partial charge in [0.2, 0.25) is 0 Å².